The zero-order valence-electron chi connectivity index (χ0n) is 19.8. The lowest BCUT2D eigenvalue weighted by atomic mass is 9.92. The molecule has 9 nitrogen and oxygen atoms in total. The van der Waals surface area contributed by atoms with Crippen LogP contribution in [0.2, 0.25) is 0 Å². The first-order chi connectivity index (χ1) is 15.6. The van der Waals surface area contributed by atoms with E-state index in [1.165, 1.54) is 19.9 Å². The topological polar surface area (TPSA) is 145 Å². The van der Waals surface area contributed by atoms with Gasteiger partial charge in [0, 0.05) is 17.4 Å². The molecule has 0 aliphatic carbocycles. The van der Waals surface area contributed by atoms with Crippen LogP contribution in [0.25, 0.3) is 11.0 Å². The van der Waals surface area contributed by atoms with E-state index in [2.05, 4.69) is 9.97 Å². The van der Waals surface area contributed by atoms with Gasteiger partial charge in [-0.1, -0.05) is 26.1 Å². The number of halogens is 1. The minimum atomic E-state index is -4.45. The summed E-state index contributed by atoms with van der Waals surface area (Å²) >= 11 is 5.40. The smallest absolute Gasteiger partial charge is 0.359 e. The van der Waals surface area contributed by atoms with E-state index in [-0.39, 0.29) is 29.6 Å². The van der Waals surface area contributed by atoms with Crippen LogP contribution in [0.1, 0.15) is 64.3 Å². The minimum absolute atomic E-state index is 0.00103. The molecule has 34 heavy (non-hydrogen) atoms. The summed E-state index contributed by atoms with van der Waals surface area (Å²) in [5.41, 5.74) is -0.311. The molecule has 7 atom stereocenters. The number of hydrogen-bond acceptors (Lipinski definition) is 8. The van der Waals surface area contributed by atoms with Gasteiger partial charge in [0.15, 0.2) is 5.34 Å². The molecule has 1 aliphatic rings. The van der Waals surface area contributed by atoms with E-state index >= 15 is 0 Å². The van der Waals surface area contributed by atoms with Crippen LogP contribution in [0.15, 0.2) is 12.1 Å². The van der Waals surface area contributed by atoms with Crippen molar-refractivity contribution >= 4 is 30.8 Å². The Labute approximate surface area is 202 Å². The van der Waals surface area contributed by atoms with Gasteiger partial charge in [0.1, 0.15) is 34.4 Å². The highest BCUT2D eigenvalue weighted by molar-refractivity contribution is 7.71. The Bertz CT molecular complexity index is 1180. The van der Waals surface area contributed by atoms with E-state index in [4.69, 9.17) is 21.5 Å². The zero-order chi connectivity index (χ0) is 25.6. The van der Waals surface area contributed by atoms with Crippen molar-refractivity contribution in [2.24, 2.45) is 0 Å². The third-order valence-electron chi connectivity index (χ3n) is 6.66. The summed E-state index contributed by atoms with van der Waals surface area (Å²) in [5, 5.41) is 30.2. The third kappa shape index (κ3) is 5.12. The summed E-state index contributed by atoms with van der Waals surface area (Å²) < 4.78 is 38.5. The van der Waals surface area contributed by atoms with Crippen molar-refractivity contribution in [3.8, 4) is 0 Å². The van der Waals surface area contributed by atoms with E-state index in [0.29, 0.717) is 16.6 Å². The maximum Gasteiger partial charge on any atom is 0.359 e. The van der Waals surface area contributed by atoms with Gasteiger partial charge >= 0.3 is 7.60 Å². The molecule has 12 heteroatoms. The van der Waals surface area contributed by atoms with Crippen LogP contribution < -0.4 is 0 Å². The number of H-pyrrole nitrogens is 1. The van der Waals surface area contributed by atoms with E-state index in [1.807, 2.05) is 0 Å². The zero-order valence-corrected chi connectivity index (χ0v) is 21.5. The largest absolute Gasteiger partial charge is 0.388 e. The average Bonchev–Trinajstić information content (AvgIpc) is 3.02. The number of nitrogens with zero attached hydrogens (tertiary/aromatic N) is 1. The lowest BCUT2D eigenvalue weighted by Crippen LogP contribution is -2.40. The van der Waals surface area contributed by atoms with Gasteiger partial charge in [-0.05, 0) is 45.7 Å². The van der Waals surface area contributed by atoms with Gasteiger partial charge in [0.2, 0.25) is 0 Å². The molecular formula is C22H32FN2O7PS. The predicted molar refractivity (Wildman–Crippen MR) is 126 cm³/mol. The Morgan fingerprint density at radius 3 is 2.50 bits per heavy atom. The molecular weight excluding hydrogens is 486 g/mol. The molecule has 1 fully saturated rings. The molecule has 0 saturated carbocycles. The number of hydrogen-bond donors (Lipinski definition) is 5. The van der Waals surface area contributed by atoms with E-state index in [1.54, 1.807) is 26.8 Å². The average molecular weight is 519 g/mol. The molecule has 190 valence electrons. The van der Waals surface area contributed by atoms with Gasteiger partial charge in [-0.2, -0.15) is 0 Å². The SMILES string of the molecule is CCC(C)(CC1OC(c2cc3cc(F)c(C)nc3[nH]c2=S)C(O)C1O)OP(=O)(O)C(C)(O)CC. The number of aliphatic hydroxyl groups excluding tert-OH is 2. The summed E-state index contributed by atoms with van der Waals surface area (Å²) in [5.74, 6) is -0.498. The summed E-state index contributed by atoms with van der Waals surface area (Å²) in [4.78, 5) is 17.4. The second kappa shape index (κ2) is 9.63. The number of nitrogens with one attached hydrogen (secondary N) is 1. The Morgan fingerprint density at radius 1 is 1.26 bits per heavy atom. The number of aromatic amines is 1. The van der Waals surface area contributed by atoms with E-state index in [9.17, 15) is 29.2 Å². The fraction of sp³-hybridized carbons (Fsp3) is 0.636. The van der Waals surface area contributed by atoms with Crippen LogP contribution in [0.3, 0.4) is 0 Å². The summed E-state index contributed by atoms with van der Waals surface area (Å²) in [6.07, 6.45) is -4.47. The Morgan fingerprint density at radius 2 is 1.91 bits per heavy atom. The van der Waals surface area contributed by atoms with Crippen molar-refractivity contribution in [3.63, 3.8) is 0 Å². The lowest BCUT2D eigenvalue weighted by Gasteiger charge is -2.37. The van der Waals surface area contributed by atoms with Gasteiger partial charge in [-0.25, -0.2) is 9.37 Å². The Kier molecular flexibility index (Phi) is 7.73. The highest BCUT2D eigenvalue weighted by Crippen LogP contribution is 2.59. The van der Waals surface area contributed by atoms with Gasteiger partial charge < -0.3 is 34.5 Å². The molecule has 3 heterocycles. The first kappa shape index (κ1) is 27.3. The third-order valence-corrected chi connectivity index (χ3v) is 9.22. The molecule has 0 bridgehead atoms. The molecule has 0 spiro atoms. The number of rotatable bonds is 8. The Balaban J connectivity index is 1.88. The number of fused-ring (bicyclic) bond motifs is 1. The van der Waals surface area contributed by atoms with Crippen LogP contribution in [-0.2, 0) is 13.8 Å². The lowest BCUT2D eigenvalue weighted by molar-refractivity contribution is -0.0531. The van der Waals surface area contributed by atoms with Crippen molar-refractivity contribution in [2.45, 2.75) is 89.2 Å². The van der Waals surface area contributed by atoms with Crippen molar-refractivity contribution in [1.82, 2.24) is 9.97 Å². The molecule has 5 N–H and O–H groups in total. The second-order valence-corrected chi connectivity index (χ2v) is 11.9. The number of pyridine rings is 2. The standard InChI is InChI=1S/C22H32FN2O7PS/c1-6-21(4,32-33(29,30)22(5,28)7-2)10-15-16(26)17(27)18(31-15)13-8-12-9-14(23)11(3)24-19(12)25-20(13)34/h8-9,15-18,26-28H,6-7,10H2,1-5H3,(H,29,30)(H,24,25,34). The van der Waals surface area contributed by atoms with Crippen LogP contribution in [0, 0.1) is 17.4 Å². The molecule has 0 amide bonds. The van der Waals surface area contributed by atoms with Crippen LogP contribution in [0.4, 0.5) is 4.39 Å². The molecule has 0 radical (unpaired) electrons. The predicted octanol–water partition coefficient (Wildman–Crippen LogP) is 3.78. The molecule has 0 aromatic carbocycles. The maximum absolute atomic E-state index is 14.0. The fourth-order valence-electron chi connectivity index (χ4n) is 3.87. The molecule has 2 aromatic heterocycles. The molecule has 1 aliphatic heterocycles. The summed E-state index contributed by atoms with van der Waals surface area (Å²) in [6, 6.07) is 2.85. The molecule has 7 unspecified atom stereocenters. The van der Waals surface area contributed by atoms with Gasteiger partial charge in [0.25, 0.3) is 0 Å². The highest BCUT2D eigenvalue weighted by atomic mass is 32.1. The van der Waals surface area contributed by atoms with Crippen molar-refractivity contribution in [3.05, 3.63) is 33.8 Å². The van der Waals surface area contributed by atoms with Crippen LogP contribution in [-0.4, -0.2) is 59.4 Å². The molecule has 3 rings (SSSR count). The van der Waals surface area contributed by atoms with Crippen molar-refractivity contribution < 1.29 is 38.4 Å². The normalized spacial score (nSPS) is 28.4. The second-order valence-electron chi connectivity index (χ2n) is 9.31. The Hall–Kier alpha value is -1.30. The van der Waals surface area contributed by atoms with E-state index in [0.717, 1.165) is 0 Å². The van der Waals surface area contributed by atoms with E-state index < -0.39 is 48.8 Å². The number of aromatic nitrogens is 2. The summed E-state index contributed by atoms with van der Waals surface area (Å²) in [7, 11) is -4.45. The molecule has 2 aromatic rings. The minimum Gasteiger partial charge on any atom is -0.388 e. The summed E-state index contributed by atoms with van der Waals surface area (Å²) in [6.45, 7) is 7.64. The first-order valence-corrected chi connectivity index (χ1v) is 13.1. The number of aryl methyl sites for hydroxylation is 1. The van der Waals surface area contributed by atoms with Gasteiger partial charge in [0.05, 0.1) is 17.4 Å². The van der Waals surface area contributed by atoms with Crippen molar-refractivity contribution in [1.29, 1.82) is 0 Å². The monoisotopic (exact) mass is 518 g/mol. The van der Waals surface area contributed by atoms with Crippen LogP contribution >= 0.6 is 19.8 Å². The van der Waals surface area contributed by atoms with Crippen molar-refractivity contribution in [2.75, 3.05) is 0 Å². The van der Waals surface area contributed by atoms with Gasteiger partial charge in [-0.15, -0.1) is 0 Å². The maximum atomic E-state index is 14.0. The molecule has 1 saturated heterocycles. The fourth-order valence-corrected chi connectivity index (χ4v) is 5.54. The number of ether oxygens (including phenoxy) is 1. The highest BCUT2D eigenvalue weighted by Gasteiger charge is 2.50. The quantitative estimate of drug-likeness (QED) is 0.260. The van der Waals surface area contributed by atoms with Crippen LogP contribution in [0.5, 0.6) is 0 Å². The number of aliphatic hydroxyl groups is 3. The van der Waals surface area contributed by atoms with Gasteiger partial charge in [-0.3, -0.25) is 4.57 Å². The first-order valence-electron chi connectivity index (χ1n) is 11.1.